The largest absolute Gasteiger partial charge is 0.494 e. The topological polar surface area (TPSA) is 84.7 Å². The van der Waals surface area contributed by atoms with Crippen LogP contribution in [0, 0.1) is 23.7 Å². The molecule has 2 atom stereocenters. The Morgan fingerprint density at radius 1 is 1.09 bits per heavy atom. The number of amides is 2. The van der Waals surface area contributed by atoms with Crippen molar-refractivity contribution in [2.24, 2.45) is 29.4 Å². The van der Waals surface area contributed by atoms with Gasteiger partial charge in [0.25, 0.3) is 0 Å². The Labute approximate surface area is 191 Å². The molecule has 5 fully saturated rings. The second kappa shape index (κ2) is 9.05. The Morgan fingerprint density at radius 2 is 1.75 bits per heavy atom. The van der Waals surface area contributed by atoms with Gasteiger partial charge in [-0.2, -0.15) is 0 Å². The molecule has 2 amide bonds. The Bertz CT molecular complexity index is 811. The average molecular weight is 440 g/mol. The fourth-order valence-corrected chi connectivity index (χ4v) is 7.17. The van der Waals surface area contributed by atoms with Crippen LogP contribution >= 0.6 is 0 Å². The van der Waals surface area contributed by atoms with E-state index >= 15 is 0 Å². The lowest BCUT2D eigenvalue weighted by molar-refractivity contribution is -0.140. The molecular weight excluding hydrogens is 402 g/mol. The first-order valence-corrected chi connectivity index (χ1v) is 12.6. The summed E-state index contributed by atoms with van der Waals surface area (Å²) in [6.07, 6.45) is 8.57. The number of ether oxygens (including phenoxy) is 1. The molecular formula is C26H37N3O3. The highest BCUT2D eigenvalue weighted by molar-refractivity contribution is 5.90. The zero-order valence-electron chi connectivity index (χ0n) is 19.2. The summed E-state index contributed by atoms with van der Waals surface area (Å²) in [4.78, 5) is 28.2. The minimum atomic E-state index is -0.637. The van der Waals surface area contributed by atoms with Crippen LogP contribution in [0.2, 0.25) is 0 Å². The van der Waals surface area contributed by atoms with Gasteiger partial charge in [0.15, 0.2) is 0 Å². The third kappa shape index (κ3) is 4.26. The van der Waals surface area contributed by atoms with Crippen LogP contribution in [0.5, 0.6) is 5.75 Å². The number of carbonyl (C=O) groups is 2. The van der Waals surface area contributed by atoms with Crippen molar-refractivity contribution in [1.29, 1.82) is 0 Å². The lowest BCUT2D eigenvalue weighted by Gasteiger charge is -2.54. The lowest BCUT2D eigenvalue weighted by Crippen LogP contribution is -2.59. The highest BCUT2D eigenvalue weighted by Crippen LogP contribution is 2.53. The van der Waals surface area contributed by atoms with Crippen LogP contribution in [-0.2, 0) is 16.0 Å². The molecule has 1 aliphatic heterocycles. The van der Waals surface area contributed by atoms with E-state index in [4.69, 9.17) is 10.5 Å². The summed E-state index contributed by atoms with van der Waals surface area (Å²) < 4.78 is 5.48. The smallest absolute Gasteiger partial charge is 0.243 e. The van der Waals surface area contributed by atoms with E-state index in [2.05, 4.69) is 5.32 Å². The summed E-state index contributed by atoms with van der Waals surface area (Å²) >= 11 is 0. The molecule has 4 bridgehead atoms. The maximum Gasteiger partial charge on any atom is 0.243 e. The number of nitrogens with zero attached hydrogens (tertiary/aromatic N) is 1. The maximum atomic E-state index is 13.3. The fraction of sp³-hybridized carbons (Fsp3) is 0.692. The summed E-state index contributed by atoms with van der Waals surface area (Å²) in [5, 5.41) is 3.41. The number of hydrogen-bond acceptors (Lipinski definition) is 4. The van der Waals surface area contributed by atoms with E-state index in [1.54, 1.807) is 4.90 Å². The normalized spacial score (nSPS) is 33.9. The minimum absolute atomic E-state index is 0.0431. The van der Waals surface area contributed by atoms with Crippen molar-refractivity contribution in [3.05, 3.63) is 29.8 Å². The van der Waals surface area contributed by atoms with Crippen LogP contribution in [0.3, 0.4) is 0 Å². The minimum Gasteiger partial charge on any atom is -0.494 e. The van der Waals surface area contributed by atoms with Gasteiger partial charge in [0.05, 0.1) is 12.6 Å². The van der Waals surface area contributed by atoms with E-state index in [1.807, 2.05) is 31.2 Å². The van der Waals surface area contributed by atoms with E-state index in [1.165, 1.54) is 32.1 Å². The molecule has 6 rings (SSSR count). The van der Waals surface area contributed by atoms with Crippen molar-refractivity contribution in [3.8, 4) is 5.75 Å². The van der Waals surface area contributed by atoms with Crippen molar-refractivity contribution < 1.29 is 14.3 Å². The van der Waals surface area contributed by atoms with Gasteiger partial charge in [-0.3, -0.25) is 9.59 Å². The van der Waals surface area contributed by atoms with E-state index in [0.29, 0.717) is 37.5 Å². The number of hydrogen-bond donors (Lipinski definition) is 2. The molecule has 1 aromatic carbocycles. The predicted molar refractivity (Wildman–Crippen MR) is 123 cm³/mol. The number of benzene rings is 1. The number of nitrogens with two attached hydrogens (primary N) is 1. The third-order valence-corrected chi connectivity index (χ3v) is 8.38. The van der Waals surface area contributed by atoms with E-state index < -0.39 is 6.04 Å². The molecule has 1 saturated heterocycles. The SMILES string of the molecule is CCOc1ccc(C[C@H](N)C(=O)N2CCC[C@@H]2C(=O)NC2C3CC4CC(C3)CC2C4)cc1. The van der Waals surface area contributed by atoms with Crippen molar-refractivity contribution >= 4 is 11.8 Å². The van der Waals surface area contributed by atoms with Crippen molar-refractivity contribution in [1.82, 2.24) is 10.2 Å². The monoisotopic (exact) mass is 439 g/mol. The molecule has 1 aromatic rings. The molecule has 174 valence electrons. The van der Waals surface area contributed by atoms with Gasteiger partial charge in [-0.05, 0) is 99.7 Å². The van der Waals surface area contributed by atoms with Crippen molar-refractivity contribution in [2.45, 2.75) is 76.4 Å². The Morgan fingerprint density at radius 3 is 2.38 bits per heavy atom. The first-order valence-electron chi connectivity index (χ1n) is 12.6. The second-order valence-electron chi connectivity index (χ2n) is 10.5. The van der Waals surface area contributed by atoms with Crippen molar-refractivity contribution in [2.75, 3.05) is 13.2 Å². The van der Waals surface area contributed by atoms with Crippen LogP contribution in [0.1, 0.15) is 57.4 Å². The van der Waals surface area contributed by atoms with Gasteiger partial charge in [0, 0.05) is 12.6 Å². The molecule has 4 aliphatic carbocycles. The first-order chi connectivity index (χ1) is 15.5. The molecule has 0 spiro atoms. The fourth-order valence-electron chi connectivity index (χ4n) is 7.17. The van der Waals surface area contributed by atoms with E-state index in [9.17, 15) is 9.59 Å². The van der Waals surface area contributed by atoms with Gasteiger partial charge in [-0.1, -0.05) is 12.1 Å². The predicted octanol–water partition coefficient (Wildman–Crippen LogP) is 2.89. The van der Waals surface area contributed by atoms with E-state index in [0.717, 1.165) is 36.0 Å². The summed E-state index contributed by atoms with van der Waals surface area (Å²) in [6.45, 7) is 3.20. The molecule has 0 unspecified atom stereocenters. The van der Waals surface area contributed by atoms with Crippen LogP contribution in [0.25, 0.3) is 0 Å². The Hall–Kier alpha value is -2.08. The molecule has 1 heterocycles. The van der Waals surface area contributed by atoms with Crippen LogP contribution in [0.15, 0.2) is 24.3 Å². The zero-order valence-corrected chi connectivity index (χ0v) is 19.2. The molecule has 0 aromatic heterocycles. The maximum absolute atomic E-state index is 13.3. The Kier molecular flexibility index (Phi) is 6.15. The van der Waals surface area contributed by atoms with Gasteiger partial charge in [0.2, 0.25) is 11.8 Å². The van der Waals surface area contributed by atoms with Crippen LogP contribution in [0.4, 0.5) is 0 Å². The molecule has 6 heteroatoms. The number of carbonyl (C=O) groups excluding carboxylic acids is 2. The first kappa shape index (κ1) is 21.7. The van der Waals surface area contributed by atoms with Crippen molar-refractivity contribution in [3.63, 3.8) is 0 Å². The third-order valence-electron chi connectivity index (χ3n) is 8.38. The van der Waals surface area contributed by atoms with Gasteiger partial charge in [-0.15, -0.1) is 0 Å². The highest BCUT2D eigenvalue weighted by Gasteiger charge is 2.49. The molecule has 3 N–H and O–H groups in total. The van der Waals surface area contributed by atoms with Crippen LogP contribution in [-0.4, -0.2) is 48.0 Å². The van der Waals surface area contributed by atoms with Gasteiger partial charge in [-0.25, -0.2) is 0 Å². The number of nitrogens with one attached hydrogen (secondary N) is 1. The number of likely N-dealkylation sites (tertiary alicyclic amines) is 1. The molecule has 0 radical (unpaired) electrons. The average Bonchev–Trinajstić information content (AvgIpc) is 3.26. The summed E-state index contributed by atoms with van der Waals surface area (Å²) in [7, 11) is 0. The highest BCUT2D eigenvalue weighted by atomic mass is 16.5. The molecule has 32 heavy (non-hydrogen) atoms. The molecule has 4 saturated carbocycles. The number of rotatable bonds is 7. The summed E-state index contributed by atoms with van der Waals surface area (Å²) in [5.74, 6) is 3.80. The quantitative estimate of drug-likeness (QED) is 0.684. The summed E-state index contributed by atoms with van der Waals surface area (Å²) in [6, 6.07) is 7.04. The Balaban J connectivity index is 1.19. The molecule has 6 nitrogen and oxygen atoms in total. The summed E-state index contributed by atoms with van der Waals surface area (Å²) in [5.41, 5.74) is 7.32. The van der Waals surface area contributed by atoms with Gasteiger partial charge >= 0.3 is 0 Å². The standard InChI is InChI=1S/C26H37N3O3/c1-2-32-21-7-5-16(6-8-21)15-22(27)26(31)29-9-3-4-23(29)25(30)28-24-19-11-17-10-18(13-19)14-20(24)12-17/h5-8,17-20,22-24H,2-4,9-15,27H2,1H3,(H,28,30)/t17?,18?,19?,20?,22-,23+,24?/m0/s1. The lowest BCUT2D eigenvalue weighted by atomic mass is 9.54. The van der Waals surface area contributed by atoms with E-state index in [-0.39, 0.29) is 17.9 Å². The zero-order chi connectivity index (χ0) is 22.2. The van der Waals surface area contributed by atoms with Gasteiger partial charge in [0.1, 0.15) is 11.8 Å². The second-order valence-corrected chi connectivity index (χ2v) is 10.5. The van der Waals surface area contributed by atoms with Crippen LogP contribution < -0.4 is 15.8 Å². The molecule has 5 aliphatic rings. The van der Waals surface area contributed by atoms with Gasteiger partial charge < -0.3 is 20.7 Å².